The van der Waals surface area contributed by atoms with Crippen LogP contribution in [0.25, 0.3) is 0 Å². The summed E-state index contributed by atoms with van der Waals surface area (Å²) in [6, 6.07) is 19.7. The monoisotopic (exact) mass is 332 g/mol. The van der Waals surface area contributed by atoms with Crippen LogP contribution in [0.1, 0.15) is 31.0 Å². The lowest BCUT2D eigenvalue weighted by atomic mass is 10.0. The van der Waals surface area contributed by atoms with E-state index in [9.17, 15) is 4.79 Å². The first-order chi connectivity index (χ1) is 10.8. The van der Waals surface area contributed by atoms with E-state index in [1.807, 2.05) is 60.7 Å². The molecule has 1 atom stereocenters. The molecule has 1 amide bonds. The highest BCUT2D eigenvalue weighted by molar-refractivity contribution is 5.85. The Kier molecular flexibility index (Phi) is 8.38. The van der Waals surface area contributed by atoms with Crippen LogP contribution in [0.4, 0.5) is 0 Å². The second kappa shape index (κ2) is 10.0. The van der Waals surface area contributed by atoms with E-state index in [1.165, 1.54) is 0 Å². The second-order valence-electron chi connectivity index (χ2n) is 5.24. The highest BCUT2D eigenvalue weighted by Crippen LogP contribution is 2.20. The summed E-state index contributed by atoms with van der Waals surface area (Å²) in [6.07, 6.45) is 0. The molecule has 0 saturated heterocycles. The number of rotatable bonds is 7. The van der Waals surface area contributed by atoms with Crippen LogP contribution < -0.4 is 5.32 Å². The minimum absolute atomic E-state index is 0. The molecule has 0 aromatic heterocycles. The number of carbonyl (C=O) groups is 1. The average molecular weight is 333 g/mol. The van der Waals surface area contributed by atoms with Crippen molar-refractivity contribution in [2.24, 2.45) is 0 Å². The van der Waals surface area contributed by atoms with E-state index < -0.39 is 0 Å². The highest BCUT2D eigenvalue weighted by Gasteiger charge is 2.25. The molecule has 4 heteroatoms. The lowest BCUT2D eigenvalue weighted by Crippen LogP contribution is -2.40. The zero-order chi connectivity index (χ0) is 15.8. The van der Waals surface area contributed by atoms with Crippen molar-refractivity contribution in [1.82, 2.24) is 10.2 Å². The fraction of sp³-hybridized carbons (Fsp3) is 0.316. The van der Waals surface area contributed by atoms with Gasteiger partial charge in [-0.2, -0.15) is 0 Å². The Morgan fingerprint density at radius 2 is 1.48 bits per heavy atom. The van der Waals surface area contributed by atoms with Gasteiger partial charge in [0.05, 0.1) is 0 Å². The Balaban J connectivity index is 0.00000264. The molecule has 3 nitrogen and oxygen atoms in total. The summed E-state index contributed by atoms with van der Waals surface area (Å²) in [6.45, 7) is 6.42. The number of hydrogen-bond donors (Lipinski definition) is 1. The fourth-order valence-corrected chi connectivity index (χ4v) is 2.63. The van der Waals surface area contributed by atoms with Gasteiger partial charge in [0.15, 0.2) is 0 Å². The van der Waals surface area contributed by atoms with E-state index in [0.29, 0.717) is 6.54 Å². The van der Waals surface area contributed by atoms with Gasteiger partial charge in [-0.3, -0.25) is 9.69 Å². The first kappa shape index (κ1) is 19.2. The number of nitrogens with zero attached hydrogens (tertiary/aromatic N) is 1. The van der Waals surface area contributed by atoms with Crippen LogP contribution in [0.15, 0.2) is 60.7 Å². The van der Waals surface area contributed by atoms with Gasteiger partial charge in [-0.25, -0.2) is 0 Å². The summed E-state index contributed by atoms with van der Waals surface area (Å²) < 4.78 is 0. The molecule has 0 saturated carbocycles. The fourth-order valence-electron chi connectivity index (χ4n) is 2.63. The highest BCUT2D eigenvalue weighted by atomic mass is 35.5. The average Bonchev–Trinajstić information content (AvgIpc) is 2.59. The van der Waals surface area contributed by atoms with Crippen molar-refractivity contribution in [3.8, 4) is 0 Å². The van der Waals surface area contributed by atoms with Gasteiger partial charge < -0.3 is 5.32 Å². The van der Waals surface area contributed by atoms with Gasteiger partial charge in [0.1, 0.15) is 6.04 Å². The number of benzene rings is 2. The molecule has 2 rings (SSSR count). The van der Waals surface area contributed by atoms with Crippen LogP contribution in [-0.2, 0) is 11.3 Å². The first-order valence-electron chi connectivity index (χ1n) is 7.86. The number of nitrogens with one attached hydrogen (secondary N) is 1. The normalized spacial score (nSPS) is 11.6. The van der Waals surface area contributed by atoms with Crippen molar-refractivity contribution in [3.05, 3.63) is 71.8 Å². The minimum atomic E-state index is -0.236. The molecule has 124 valence electrons. The number of halogens is 1. The van der Waals surface area contributed by atoms with Crippen LogP contribution in [0.3, 0.4) is 0 Å². The number of amides is 1. The van der Waals surface area contributed by atoms with Gasteiger partial charge in [-0.05, 0) is 24.2 Å². The van der Waals surface area contributed by atoms with Crippen molar-refractivity contribution in [2.75, 3.05) is 13.1 Å². The zero-order valence-electron chi connectivity index (χ0n) is 13.7. The Hall–Kier alpha value is -1.84. The van der Waals surface area contributed by atoms with E-state index in [0.717, 1.165) is 24.2 Å². The molecule has 0 fully saturated rings. The predicted molar refractivity (Wildman–Crippen MR) is 97.6 cm³/mol. The Bertz CT molecular complexity index is 570. The first-order valence-corrected chi connectivity index (χ1v) is 7.86. The summed E-state index contributed by atoms with van der Waals surface area (Å²) in [5, 5.41) is 3.07. The summed E-state index contributed by atoms with van der Waals surface area (Å²) in [4.78, 5) is 14.9. The molecule has 0 bridgehead atoms. The van der Waals surface area contributed by atoms with Crippen molar-refractivity contribution in [3.63, 3.8) is 0 Å². The molecule has 1 unspecified atom stereocenters. The summed E-state index contributed by atoms with van der Waals surface area (Å²) in [5.74, 6) is 0.0544. The Morgan fingerprint density at radius 1 is 0.957 bits per heavy atom. The lowest BCUT2D eigenvalue weighted by Gasteiger charge is -2.29. The summed E-state index contributed by atoms with van der Waals surface area (Å²) in [7, 11) is 0. The maximum absolute atomic E-state index is 12.7. The topological polar surface area (TPSA) is 32.3 Å². The van der Waals surface area contributed by atoms with E-state index >= 15 is 0 Å². The van der Waals surface area contributed by atoms with Gasteiger partial charge in [0.2, 0.25) is 5.91 Å². The molecule has 2 aromatic carbocycles. The van der Waals surface area contributed by atoms with Crippen molar-refractivity contribution in [2.45, 2.75) is 26.4 Å². The van der Waals surface area contributed by atoms with Crippen molar-refractivity contribution < 1.29 is 4.79 Å². The van der Waals surface area contributed by atoms with Crippen molar-refractivity contribution in [1.29, 1.82) is 0 Å². The molecule has 0 aliphatic rings. The minimum Gasteiger partial charge on any atom is -0.350 e. The van der Waals surface area contributed by atoms with E-state index in [-0.39, 0.29) is 24.4 Å². The third-order valence-corrected chi connectivity index (χ3v) is 3.85. The third kappa shape index (κ3) is 5.38. The quantitative estimate of drug-likeness (QED) is 0.836. The Morgan fingerprint density at radius 3 is 2.00 bits per heavy atom. The van der Waals surface area contributed by atoms with Crippen LogP contribution in [-0.4, -0.2) is 23.9 Å². The molecule has 0 aliphatic carbocycles. The van der Waals surface area contributed by atoms with E-state index in [1.54, 1.807) is 0 Å². The third-order valence-electron chi connectivity index (χ3n) is 3.85. The molecular weight excluding hydrogens is 308 g/mol. The standard InChI is InChI=1S/C19H24N2O.ClH/c1-3-21(4-2)18(17-13-9-6-10-14-17)19(22)20-15-16-11-7-5-8-12-16;/h5-14,18H,3-4,15H2,1-2H3,(H,20,22);1H. The molecule has 0 aliphatic heterocycles. The smallest absolute Gasteiger partial charge is 0.242 e. The maximum atomic E-state index is 12.7. The molecular formula is C19H25ClN2O. The van der Waals surface area contributed by atoms with Gasteiger partial charge in [-0.1, -0.05) is 74.5 Å². The van der Waals surface area contributed by atoms with Crippen LogP contribution >= 0.6 is 12.4 Å². The van der Waals surface area contributed by atoms with E-state index in [4.69, 9.17) is 0 Å². The number of carbonyl (C=O) groups excluding carboxylic acids is 1. The summed E-state index contributed by atoms with van der Waals surface area (Å²) in [5.41, 5.74) is 2.15. The predicted octanol–water partition coefficient (Wildman–Crippen LogP) is 3.81. The maximum Gasteiger partial charge on any atom is 0.242 e. The van der Waals surface area contributed by atoms with Gasteiger partial charge in [0, 0.05) is 6.54 Å². The van der Waals surface area contributed by atoms with Gasteiger partial charge >= 0.3 is 0 Å². The molecule has 0 spiro atoms. The van der Waals surface area contributed by atoms with Crippen LogP contribution in [0, 0.1) is 0 Å². The Labute approximate surface area is 145 Å². The second-order valence-corrected chi connectivity index (χ2v) is 5.24. The number of hydrogen-bond acceptors (Lipinski definition) is 2. The number of likely N-dealkylation sites (N-methyl/N-ethyl adjacent to an activating group) is 1. The molecule has 0 radical (unpaired) electrons. The molecule has 23 heavy (non-hydrogen) atoms. The SMILES string of the molecule is CCN(CC)C(C(=O)NCc1ccccc1)c1ccccc1.Cl. The van der Waals surface area contributed by atoms with E-state index in [2.05, 4.69) is 24.1 Å². The summed E-state index contributed by atoms with van der Waals surface area (Å²) >= 11 is 0. The lowest BCUT2D eigenvalue weighted by molar-refractivity contribution is -0.126. The molecule has 1 N–H and O–H groups in total. The van der Waals surface area contributed by atoms with Crippen LogP contribution in [0.5, 0.6) is 0 Å². The van der Waals surface area contributed by atoms with Gasteiger partial charge in [-0.15, -0.1) is 12.4 Å². The largest absolute Gasteiger partial charge is 0.350 e. The zero-order valence-corrected chi connectivity index (χ0v) is 14.6. The van der Waals surface area contributed by atoms with Gasteiger partial charge in [0.25, 0.3) is 0 Å². The van der Waals surface area contributed by atoms with Crippen LogP contribution in [0.2, 0.25) is 0 Å². The molecule has 0 heterocycles. The molecule has 2 aromatic rings. The van der Waals surface area contributed by atoms with Crippen molar-refractivity contribution >= 4 is 18.3 Å².